The van der Waals surface area contributed by atoms with Crippen molar-refractivity contribution in [3.05, 3.63) is 0 Å². The molecule has 0 unspecified atom stereocenters. The second kappa shape index (κ2) is 6.49. The molecule has 0 spiro atoms. The zero-order chi connectivity index (χ0) is 11.3. The molecule has 1 aliphatic carbocycles. The van der Waals surface area contributed by atoms with Crippen molar-refractivity contribution in [2.45, 2.75) is 77.5 Å². The summed E-state index contributed by atoms with van der Waals surface area (Å²) in [6.07, 6.45) is 6.98. The van der Waals surface area contributed by atoms with Crippen molar-refractivity contribution in [2.24, 2.45) is 5.92 Å². The summed E-state index contributed by atoms with van der Waals surface area (Å²) in [6.45, 7) is 6.77. The van der Waals surface area contributed by atoms with Gasteiger partial charge in [0.1, 0.15) is 0 Å². The minimum atomic E-state index is -0.111. The van der Waals surface area contributed by atoms with Crippen molar-refractivity contribution in [3.8, 4) is 0 Å². The van der Waals surface area contributed by atoms with Crippen LogP contribution in [0.5, 0.6) is 0 Å². The number of aliphatic hydroxyl groups excluding tert-OH is 1. The number of hydrogen-bond donors (Lipinski definition) is 2. The molecule has 3 atom stereocenters. The van der Waals surface area contributed by atoms with E-state index in [1.54, 1.807) is 0 Å². The molecule has 0 aromatic heterocycles. The predicted molar refractivity (Wildman–Crippen MR) is 64.9 cm³/mol. The molecular weight excluding hydrogens is 186 g/mol. The summed E-state index contributed by atoms with van der Waals surface area (Å²) in [6, 6.07) is 0.895. The zero-order valence-electron chi connectivity index (χ0n) is 10.5. The van der Waals surface area contributed by atoms with Gasteiger partial charge in [-0.25, -0.2) is 0 Å². The van der Waals surface area contributed by atoms with E-state index in [9.17, 15) is 5.11 Å². The van der Waals surface area contributed by atoms with Gasteiger partial charge in [0.05, 0.1) is 6.10 Å². The van der Waals surface area contributed by atoms with Gasteiger partial charge in [0, 0.05) is 12.1 Å². The Kier molecular flexibility index (Phi) is 5.62. The highest BCUT2D eigenvalue weighted by atomic mass is 16.3. The number of nitrogens with one attached hydrogen (secondary N) is 1. The Bertz CT molecular complexity index is 170. The van der Waals surface area contributed by atoms with Gasteiger partial charge in [-0.05, 0) is 38.5 Å². The van der Waals surface area contributed by atoms with Crippen molar-refractivity contribution >= 4 is 0 Å². The lowest BCUT2D eigenvalue weighted by molar-refractivity contribution is 0.0850. The molecule has 0 radical (unpaired) electrons. The molecule has 90 valence electrons. The van der Waals surface area contributed by atoms with E-state index in [0.29, 0.717) is 12.1 Å². The Morgan fingerprint density at radius 1 is 1.13 bits per heavy atom. The maximum atomic E-state index is 9.83. The van der Waals surface area contributed by atoms with E-state index in [0.717, 1.165) is 18.8 Å². The highest BCUT2D eigenvalue weighted by Gasteiger charge is 2.23. The average molecular weight is 213 g/mol. The van der Waals surface area contributed by atoms with Gasteiger partial charge < -0.3 is 10.4 Å². The van der Waals surface area contributed by atoms with Gasteiger partial charge in [-0.2, -0.15) is 0 Å². The Balaban J connectivity index is 2.20. The third-order valence-electron chi connectivity index (χ3n) is 3.41. The van der Waals surface area contributed by atoms with Crippen LogP contribution in [0.4, 0.5) is 0 Å². The molecule has 0 aromatic carbocycles. The first kappa shape index (κ1) is 13.0. The van der Waals surface area contributed by atoms with Crippen molar-refractivity contribution < 1.29 is 5.11 Å². The summed E-state index contributed by atoms with van der Waals surface area (Å²) in [7, 11) is 0. The second-order valence-corrected chi connectivity index (χ2v) is 5.50. The third-order valence-corrected chi connectivity index (χ3v) is 3.41. The van der Waals surface area contributed by atoms with Crippen LogP contribution in [0.1, 0.15) is 59.3 Å². The van der Waals surface area contributed by atoms with Crippen molar-refractivity contribution in [2.75, 3.05) is 0 Å². The van der Waals surface area contributed by atoms with Crippen molar-refractivity contribution in [1.29, 1.82) is 0 Å². The molecule has 1 rings (SSSR count). The normalized spacial score (nSPS) is 29.4. The van der Waals surface area contributed by atoms with Crippen LogP contribution in [0, 0.1) is 5.92 Å². The topological polar surface area (TPSA) is 32.3 Å². The quantitative estimate of drug-likeness (QED) is 0.736. The van der Waals surface area contributed by atoms with Crippen LogP contribution >= 0.6 is 0 Å². The number of rotatable bonds is 5. The molecule has 0 heterocycles. The SMILES string of the molecule is CC(C)CC[C@H](C)N[C@H]1CCCC[C@@H]1O. The van der Waals surface area contributed by atoms with E-state index in [1.807, 2.05) is 0 Å². The Hall–Kier alpha value is -0.0800. The Morgan fingerprint density at radius 3 is 2.40 bits per heavy atom. The van der Waals surface area contributed by atoms with Gasteiger partial charge in [-0.3, -0.25) is 0 Å². The Morgan fingerprint density at radius 2 is 1.80 bits per heavy atom. The Labute approximate surface area is 94.5 Å². The summed E-state index contributed by atoms with van der Waals surface area (Å²) in [5.74, 6) is 0.783. The van der Waals surface area contributed by atoms with E-state index in [1.165, 1.54) is 25.7 Å². The van der Waals surface area contributed by atoms with Crippen molar-refractivity contribution in [3.63, 3.8) is 0 Å². The first-order valence-electron chi connectivity index (χ1n) is 6.53. The summed E-state index contributed by atoms with van der Waals surface area (Å²) in [5, 5.41) is 13.4. The number of aliphatic hydroxyl groups is 1. The predicted octanol–water partition coefficient (Wildman–Crippen LogP) is 2.70. The maximum Gasteiger partial charge on any atom is 0.0693 e. The second-order valence-electron chi connectivity index (χ2n) is 5.50. The maximum absolute atomic E-state index is 9.83. The molecule has 2 nitrogen and oxygen atoms in total. The van der Waals surface area contributed by atoms with E-state index < -0.39 is 0 Å². The molecule has 0 saturated heterocycles. The van der Waals surface area contributed by atoms with Gasteiger partial charge in [-0.1, -0.05) is 26.7 Å². The first-order valence-corrected chi connectivity index (χ1v) is 6.53. The molecule has 0 amide bonds. The highest BCUT2D eigenvalue weighted by Crippen LogP contribution is 2.19. The lowest BCUT2D eigenvalue weighted by atomic mass is 9.91. The summed E-state index contributed by atoms with van der Waals surface area (Å²) < 4.78 is 0. The van der Waals surface area contributed by atoms with Crippen LogP contribution in [-0.2, 0) is 0 Å². The smallest absolute Gasteiger partial charge is 0.0693 e. The average Bonchev–Trinajstić information content (AvgIpc) is 2.18. The molecule has 1 fully saturated rings. The lowest BCUT2D eigenvalue weighted by Gasteiger charge is -2.31. The molecule has 2 N–H and O–H groups in total. The van der Waals surface area contributed by atoms with Gasteiger partial charge in [0.15, 0.2) is 0 Å². The van der Waals surface area contributed by atoms with Gasteiger partial charge >= 0.3 is 0 Å². The van der Waals surface area contributed by atoms with E-state index >= 15 is 0 Å². The molecular formula is C13H27NO. The first-order chi connectivity index (χ1) is 7.09. The van der Waals surface area contributed by atoms with Crippen molar-refractivity contribution in [1.82, 2.24) is 5.32 Å². The lowest BCUT2D eigenvalue weighted by Crippen LogP contribution is -2.46. The van der Waals surface area contributed by atoms with Crippen LogP contribution in [0.3, 0.4) is 0 Å². The highest BCUT2D eigenvalue weighted by molar-refractivity contribution is 4.82. The summed E-state index contributed by atoms with van der Waals surface area (Å²) in [4.78, 5) is 0. The monoisotopic (exact) mass is 213 g/mol. The largest absolute Gasteiger partial charge is 0.392 e. The van der Waals surface area contributed by atoms with Crippen LogP contribution in [0.25, 0.3) is 0 Å². The minimum absolute atomic E-state index is 0.111. The fraction of sp³-hybridized carbons (Fsp3) is 1.00. The molecule has 15 heavy (non-hydrogen) atoms. The summed E-state index contributed by atoms with van der Waals surface area (Å²) in [5.41, 5.74) is 0. The fourth-order valence-electron chi connectivity index (χ4n) is 2.34. The third kappa shape index (κ3) is 4.98. The van der Waals surface area contributed by atoms with Crippen LogP contribution in [-0.4, -0.2) is 23.3 Å². The number of hydrogen-bond acceptors (Lipinski definition) is 2. The van der Waals surface area contributed by atoms with E-state index in [-0.39, 0.29) is 6.10 Å². The molecule has 0 bridgehead atoms. The molecule has 0 aromatic rings. The van der Waals surface area contributed by atoms with Crippen LogP contribution in [0.2, 0.25) is 0 Å². The molecule has 1 saturated carbocycles. The van der Waals surface area contributed by atoms with Crippen LogP contribution < -0.4 is 5.32 Å². The summed E-state index contributed by atoms with van der Waals surface area (Å²) >= 11 is 0. The zero-order valence-corrected chi connectivity index (χ0v) is 10.5. The van der Waals surface area contributed by atoms with E-state index in [4.69, 9.17) is 0 Å². The minimum Gasteiger partial charge on any atom is -0.392 e. The fourth-order valence-corrected chi connectivity index (χ4v) is 2.34. The molecule has 0 aliphatic heterocycles. The standard InChI is InChI=1S/C13H27NO/c1-10(2)8-9-11(3)14-12-6-4-5-7-13(12)15/h10-15H,4-9H2,1-3H3/t11-,12-,13-/m0/s1. The van der Waals surface area contributed by atoms with Gasteiger partial charge in [-0.15, -0.1) is 0 Å². The van der Waals surface area contributed by atoms with Gasteiger partial charge in [0.25, 0.3) is 0 Å². The van der Waals surface area contributed by atoms with E-state index in [2.05, 4.69) is 26.1 Å². The van der Waals surface area contributed by atoms with Crippen LogP contribution in [0.15, 0.2) is 0 Å². The molecule has 2 heteroatoms. The van der Waals surface area contributed by atoms with Gasteiger partial charge in [0.2, 0.25) is 0 Å². The molecule has 1 aliphatic rings.